The van der Waals surface area contributed by atoms with Crippen molar-refractivity contribution in [3.8, 4) is 0 Å². The van der Waals surface area contributed by atoms with Crippen LogP contribution in [-0.4, -0.2) is 37.1 Å². The van der Waals surface area contributed by atoms with Crippen molar-refractivity contribution in [1.29, 1.82) is 0 Å². The minimum atomic E-state index is -4.00. The lowest BCUT2D eigenvalue weighted by atomic mass is 10.2. The van der Waals surface area contributed by atoms with Crippen LogP contribution in [-0.2, 0) is 24.2 Å². The largest absolute Gasteiger partial charge is 0.326 e. The Bertz CT molecular complexity index is 957. The molecule has 148 valence electrons. The van der Waals surface area contributed by atoms with Crippen LogP contribution in [0.5, 0.6) is 0 Å². The lowest BCUT2D eigenvalue weighted by Crippen LogP contribution is -2.37. The first-order chi connectivity index (χ1) is 13.2. The molecule has 0 aliphatic carbocycles. The highest BCUT2D eigenvalue weighted by Crippen LogP contribution is 2.15. The Labute approximate surface area is 163 Å². The zero-order valence-corrected chi connectivity index (χ0v) is 16.2. The number of hydrogen-bond acceptors (Lipinski definition) is 5. The van der Waals surface area contributed by atoms with Crippen molar-refractivity contribution < 1.29 is 22.8 Å². The molecule has 2 aromatic rings. The fraction of sp³-hybridized carbons (Fsp3) is 0.211. The van der Waals surface area contributed by atoms with Crippen molar-refractivity contribution in [3.05, 3.63) is 54.6 Å². The minimum Gasteiger partial charge on any atom is -0.326 e. The van der Waals surface area contributed by atoms with Crippen LogP contribution in [0.1, 0.15) is 13.8 Å². The monoisotopic (exact) mass is 403 g/mol. The van der Waals surface area contributed by atoms with Crippen LogP contribution in [0.25, 0.3) is 0 Å². The maximum Gasteiger partial charge on any atom is 0.242 e. The third-order valence-corrected chi connectivity index (χ3v) is 5.73. The van der Waals surface area contributed by atoms with Crippen molar-refractivity contribution in [2.45, 2.75) is 19.1 Å². The molecule has 0 saturated heterocycles. The summed E-state index contributed by atoms with van der Waals surface area (Å²) >= 11 is 0. The molecule has 0 saturated carbocycles. The summed E-state index contributed by atoms with van der Waals surface area (Å²) in [6.45, 7) is 2.60. The highest BCUT2D eigenvalue weighted by Gasteiger charge is 2.30. The number of hydrogen-bond donors (Lipinski definition) is 3. The summed E-state index contributed by atoms with van der Waals surface area (Å²) < 4.78 is 24.7. The quantitative estimate of drug-likeness (QED) is 0.653. The lowest BCUT2D eigenvalue weighted by molar-refractivity contribution is -0.116. The van der Waals surface area contributed by atoms with Gasteiger partial charge in [0.1, 0.15) is 11.0 Å². The fourth-order valence-electron chi connectivity index (χ4n) is 2.27. The summed E-state index contributed by atoms with van der Waals surface area (Å²) in [6, 6.07) is 14.6. The van der Waals surface area contributed by atoms with E-state index in [4.69, 9.17) is 0 Å². The van der Waals surface area contributed by atoms with E-state index in [2.05, 4.69) is 16.0 Å². The van der Waals surface area contributed by atoms with Crippen LogP contribution in [0.15, 0.2) is 54.6 Å². The van der Waals surface area contributed by atoms with E-state index in [-0.39, 0.29) is 5.91 Å². The van der Waals surface area contributed by atoms with E-state index in [0.717, 1.165) is 0 Å². The van der Waals surface area contributed by atoms with Gasteiger partial charge in [-0.15, -0.1) is 0 Å². The summed E-state index contributed by atoms with van der Waals surface area (Å²) in [5.74, 6) is -2.51. The van der Waals surface area contributed by atoms with Crippen LogP contribution in [0, 0.1) is 0 Å². The Morgan fingerprint density at radius 3 is 1.86 bits per heavy atom. The Morgan fingerprint density at radius 1 is 0.821 bits per heavy atom. The van der Waals surface area contributed by atoms with Crippen LogP contribution >= 0.6 is 0 Å². The molecule has 9 heteroatoms. The lowest BCUT2D eigenvalue weighted by Gasteiger charge is -2.14. The number of benzene rings is 2. The molecule has 28 heavy (non-hydrogen) atoms. The number of anilines is 3. The second-order valence-corrected chi connectivity index (χ2v) is 8.43. The van der Waals surface area contributed by atoms with Gasteiger partial charge in [0, 0.05) is 24.0 Å². The van der Waals surface area contributed by atoms with E-state index >= 15 is 0 Å². The van der Waals surface area contributed by atoms with Crippen LogP contribution in [0.3, 0.4) is 0 Å². The topological polar surface area (TPSA) is 121 Å². The fourth-order valence-corrected chi connectivity index (χ4v) is 3.35. The molecule has 3 amide bonds. The van der Waals surface area contributed by atoms with E-state index in [1.54, 1.807) is 42.5 Å². The predicted octanol–water partition coefficient (Wildman–Crippen LogP) is 2.03. The summed E-state index contributed by atoms with van der Waals surface area (Å²) in [6.07, 6.45) is 0. The maximum atomic E-state index is 12.4. The van der Waals surface area contributed by atoms with E-state index in [0.29, 0.717) is 17.1 Å². The van der Waals surface area contributed by atoms with Crippen LogP contribution < -0.4 is 16.0 Å². The molecule has 0 aliphatic rings. The number of amides is 3. The standard InChI is InChI=1S/C19H21N3O5S/c1-13(19(25)22-17-10-8-16(9-11-17)20-14(2)23)28(26,27)12-18(24)21-15-6-4-3-5-7-15/h3-11,13H,12H2,1-2H3,(H,20,23)(H,21,24)(H,22,25). The molecule has 2 rings (SSSR count). The molecule has 8 nitrogen and oxygen atoms in total. The van der Waals surface area contributed by atoms with Gasteiger partial charge in [-0.25, -0.2) is 8.42 Å². The normalized spacial score (nSPS) is 11.9. The molecular weight excluding hydrogens is 382 g/mol. The average molecular weight is 403 g/mol. The SMILES string of the molecule is CC(=O)Nc1ccc(NC(=O)C(C)S(=O)(=O)CC(=O)Nc2ccccc2)cc1. The molecule has 0 aliphatic heterocycles. The molecule has 0 aromatic heterocycles. The van der Waals surface area contributed by atoms with Gasteiger partial charge in [-0.3, -0.25) is 14.4 Å². The van der Waals surface area contributed by atoms with Crippen molar-refractivity contribution in [2.75, 3.05) is 21.7 Å². The third-order valence-electron chi connectivity index (χ3n) is 3.77. The Morgan fingerprint density at radius 2 is 1.32 bits per heavy atom. The molecule has 0 heterocycles. The van der Waals surface area contributed by atoms with Crippen molar-refractivity contribution in [2.24, 2.45) is 0 Å². The molecule has 0 spiro atoms. The molecule has 2 aromatic carbocycles. The number of sulfone groups is 1. The maximum absolute atomic E-state index is 12.4. The molecule has 1 atom stereocenters. The van der Waals surface area contributed by atoms with Crippen molar-refractivity contribution in [1.82, 2.24) is 0 Å². The van der Waals surface area contributed by atoms with Crippen molar-refractivity contribution >= 4 is 44.6 Å². The van der Waals surface area contributed by atoms with E-state index in [1.165, 1.54) is 26.0 Å². The van der Waals surface area contributed by atoms with Gasteiger partial charge in [-0.1, -0.05) is 18.2 Å². The zero-order chi connectivity index (χ0) is 20.7. The summed E-state index contributed by atoms with van der Waals surface area (Å²) in [5, 5.41) is 6.14. The third kappa shape index (κ3) is 6.20. The van der Waals surface area contributed by atoms with Crippen molar-refractivity contribution in [3.63, 3.8) is 0 Å². The minimum absolute atomic E-state index is 0.231. The molecular formula is C19H21N3O5S. The first kappa shape index (κ1) is 21.1. The summed E-state index contributed by atoms with van der Waals surface area (Å²) in [5.41, 5.74) is 1.39. The number of para-hydroxylation sites is 1. The molecule has 0 radical (unpaired) electrons. The van der Waals surface area contributed by atoms with E-state index < -0.39 is 32.7 Å². The average Bonchev–Trinajstić information content (AvgIpc) is 2.62. The van der Waals surface area contributed by atoms with Gasteiger partial charge in [0.2, 0.25) is 17.7 Å². The van der Waals surface area contributed by atoms with Crippen LogP contribution in [0.4, 0.5) is 17.1 Å². The van der Waals surface area contributed by atoms with Gasteiger partial charge in [0.05, 0.1) is 0 Å². The highest BCUT2D eigenvalue weighted by atomic mass is 32.2. The smallest absolute Gasteiger partial charge is 0.242 e. The zero-order valence-electron chi connectivity index (χ0n) is 15.4. The first-order valence-electron chi connectivity index (χ1n) is 8.42. The van der Waals surface area contributed by atoms with Gasteiger partial charge >= 0.3 is 0 Å². The number of rotatable bonds is 7. The summed E-state index contributed by atoms with van der Waals surface area (Å²) in [4.78, 5) is 35.3. The van der Waals surface area contributed by atoms with Gasteiger partial charge < -0.3 is 16.0 Å². The van der Waals surface area contributed by atoms with E-state index in [9.17, 15) is 22.8 Å². The van der Waals surface area contributed by atoms with Gasteiger partial charge in [-0.2, -0.15) is 0 Å². The highest BCUT2D eigenvalue weighted by molar-refractivity contribution is 7.93. The molecule has 1 unspecified atom stereocenters. The second-order valence-electron chi connectivity index (χ2n) is 6.11. The number of carbonyl (C=O) groups is 3. The van der Waals surface area contributed by atoms with Gasteiger partial charge in [0.25, 0.3) is 0 Å². The Kier molecular flexibility index (Phi) is 6.89. The Hall–Kier alpha value is -3.20. The predicted molar refractivity (Wildman–Crippen MR) is 108 cm³/mol. The van der Waals surface area contributed by atoms with Crippen LogP contribution in [0.2, 0.25) is 0 Å². The molecule has 0 bridgehead atoms. The number of nitrogens with one attached hydrogen (secondary N) is 3. The van der Waals surface area contributed by atoms with E-state index in [1.807, 2.05) is 0 Å². The van der Waals surface area contributed by atoms with Gasteiger partial charge in [-0.05, 0) is 43.3 Å². The summed E-state index contributed by atoms with van der Waals surface area (Å²) in [7, 11) is -4.00. The molecule has 3 N–H and O–H groups in total. The molecule has 0 fully saturated rings. The second kappa shape index (κ2) is 9.14. The first-order valence-corrected chi connectivity index (χ1v) is 10.1. The van der Waals surface area contributed by atoms with Gasteiger partial charge in [0.15, 0.2) is 9.84 Å². The number of carbonyl (C=O) groups excluding carboxylic acids is 3. The Balaban J connectivity index is 1.96.